The molecule has 0 amide bonds. The summed E-state index contributed by atoms with van der Waals surface area (Å²) in [5, 5.41) is 11.4. The zero-order valence-corrected chi connectivity index (χ0v) is 14.1. The van der Waals surface area contributed by atoms with Gasteiger partial charge in [0.1, 0.15) is 0 Å². The quantitative estimate of drug-likeness (QED) is 0.800. The summed E-state index contributed by atoms with van der Waals surface area (Å²) < 4.78 is 0.966. The summed E-state index contributed by atoms with van der Waals surface area (Å²) in [5.41, 5.74) is 3.70. The van der Waals surface area contributed by atoms with Crippen LogP contribution in [-0.2, 0) is 12.8 Å². The fraction of sp³-hybridized carbons (Fsp3) is 0.333. The Balaban J connectivity index is 1.81. The highest BCUT2D eigenvalue weighted by Crippen LogP contribution is 2.35. The monoisotopic (exact) mass is 364 g/mol. The van der Waals surface area contributed by atoms with Gasteiger partial charge in [-0.3, -0.25) is 0 Å². The van der Waals surface area contributed by atoms with Crippen LogP contribution in [0.3, 0.4) is 0 Å². The van der Waals surface area contributed by atoms with Gasteiger partial charge in [0.2, 0.25) is 0 Å². The normalized spacial score (nSPS) is 19.1. The molecule has 2 aromatic rings. The average Bonchev–Trinajstić information content (AvgIpc) is 2.49. The predicted molar refractivity (Wildman–Crippen MR) is 91.0 cm³/mol. The van der Waals surface area contributed by atoms with Gasteiger partial charge in [-0.1, -0.05) is 57.9 Å². The van der Waals surface area contributed by atoms with Crippen molar-refractivity contribution >= 4 is 27.5 Å². The van der Waals surface area contributed by atoms with Gasteiger partial charge in [0.25, 0.3) is 0 Å². The number of halogens is 2. The first-order chi connectivity index (χ1) is 10.1. The maximum absolute atomic E-state index is 10.7. The van der Waals surface area contributed by atoms with Crippen LogP contribution in [0, 0.1) is 0 Å². The Bertz CT molecular complexity index is 641. The van der Waals surface area contributed by atoms with E-state index < -0.39 is 0 Å². The van der Waals surface area contributed by atoms with Gasteiger partial charge in [0, 0.05) is 21.8 Å². The van der Waals surface area contributed by atoms with Crippen molar-refractivity contribution in [1.29, 1.82) is 0 Å². The second-order valence-electron chi connectivity index (χ2n) is 5.70. The second-order valence-corrected chi connectivity index (χ2v) is 7.03. The van der Waals surface area contributed by atoms with Crippen LogP contribution in [-0.4, -0.2) is 11.2 Å². The molecule has 1 aliphatic carbocycles. The highest BCUT2D eigenvalue weighted by molar-refractivity contribution is 9.10. The minimum atomic E-state index is -0.384. The van der Waals surface area contributed by atoms with Crippen LogP contribution in [0.4, 0.5) is 0 Å². The van der Waals surface area contributed by atoms with Crippen molar-refractivity contribution in [2.45, 2.75) is 37.7 Å². The van der Waals surface area contributed by atoms with Crippen LogP contribution in [0.25, 0.3) is 0 Å². The maximum Gasteiger partial charge on any atom is 0.0649 e. The Morgan fingerprint density at radius 3 is 2.86 bits per heavy atom. The first kappa shape index (κ1) is 15.1. The van der Waals surface area contributed by atoms with E-state index in [-0.39, 0.29) is 12.0 Å². The SMILES string of the molecule is OC(Cc1ccc(Br)cc1Cl)C1CCCc2ccccc21. The summed E-state index contributed by atoms with van der Waals surface area (Å²) in [5.74, 6) is 0.217. The molecule has 110 valence electrons. The number of benzene rings is 2. The molecule has 0 radical (unpaired) electrons. The highest BCUT2D eigenvalue weighted by atomic mass is 79.9. The van der Waals surface area contributed by atoms with E-state index in [0.717, 1.165) is 29.3 Å². The molecule has 0 aromatic heterocycles. The molecule has 3 rings (SSSR count). The van der Waals surface area contributed by atoms with Gasteiger partial charge in [0.05, 0.1) is 6.10 Å². The lowest BCUT2D eigenvalue weighted by molar-refractivity contribution is 0.134. The van der Waals surface area contributed by atoms with Crippen molar-refractivity contribution in [3.8, 4) is 0 Å². The number of aryl methyl sites for hydroxylation is 1. The number of rotatable bonds is 3. The maximum atomic E-state index is 10.7. The number of hydrogen-bond acceptors (Lipinski definition) is 1. The zero-order valence-electron chi connectivity index (χ0n) is 11.7. The van der Waals surface area contributed by atoms with E-state index in [1.165, 1.54) is 11.1 Å². The number of hydrogen-bond donors (Lipinski definition) is 1. The van der Waals surface area contributed by atoms with E-state index in [1.54, 1.807) is 0 Å². The molecule has 0 saturated heterocycles. The van der Waals surface area contributed by atoms with Crippen molar-refractivity contribution in [1.82, 2.24) is 0 Å². The van der Waals surface area contributed by atoms with Gasteiger partial charge < -0.3 is 5.11 Å². The van der Waals surface area contributed by atoms with E-state index in [0.29, 0.717) is 11.4 Å². The number of fused-ring (bicyclic) bond motifs is 1. The van der Waals surface area contributed by atoms with Crippen LogP contribution in [0.15, 0.2) is 46.9 Å². The molecule has 0 fully saturated rings. The van der Waals surface area contributed by atoms with Gasteiger partial charge in [-0.05, 0) is 48.1 Å². The highest BCUT2D eigenvalue weighted by Gasteiger charge is 2.26. The Hall–Kier alpha value is -0.830. The summed E-state index contributed by atoms with van der Waals surface area (Å²) in [6, 6.07) is 14.3. The van der Waals surface area contributed by atoms with Crippen molar-refractivity contribution < 1.29 is 5.11 Å². The van der Waals surface area contributed by atoms with Crippen LogP contribution in [0.1, 0.15) is 35.4 Å². The lowest BCUT2D eigenvalue weighted by Crippen LogP contribution is -2.25. The van der Waals surface area contributed by atoms with Gasteiger partial charge in [0.15, 0.2) is 0 Å². The van der Waals surface area contributed by atoms with E-state index in [9.17, 15) is 5.11 Å². The molecule has 1 nitrogen and oxygen atoms in total. The minimum absolute atomic E-state index is 0.217. The number of aliphatic hydroxyl groups is 1. The molecule has 0 bridgehead atoms. The molecule has 21 heavy (non-hydrogen) atoms. The Labute approximate surface area is 139 Å². The molecule has 0 heterocycles. The van der Waals surface area contributed by atoms with Crippen LogP contribution in [0.2, 0.25) is 5.02 Å². The minimum Gasteiger partial charge on any atom is -0.392 e. The molecule has 1 aliphatic rings. The van der Waals surface area contributed by atoms with E-state index in [4.69, 9.17) is 11.6 Å². The molecule has 2 aromatic carbocycles. The number of aliphatic hydroxyl groups excluding tert-OH is 1. The van der Waals surface area contributed by atoms with E-state index in [1.807, 2.05) is 18.2 Å². The molecule has 0 saturated carbocycles. The van der Waals surface area contributed by atoms with E-state index in [2.05, 4.69) is 40.2 Å². The summed E-state index contributed by atoms with van der Waals surface area (Å²) in [7, 11) is 0. The van der Waals surface area contributed by atoms with E-state index >= 15 is 0 Å². The van der Waals surface area contributed by atoms with Crippen molar-refractivity contribution in [3.05, 3.63) is 68.7 Å². The van der Waals surface area contributed by atoms with Crippen LogP contribution < -0.4 is 0 Å². The van der Waals surface area contributed by atoms with Crippen LogP contribution >= 0.6 is 27.5 Å². The lowest BCUT2D eigenvalue weighted by atomic mass is 9.78. The van der Waals surface area contributed by atoms with Gasteiger partial charge in [-0.15, -0.1) is 0 Å². The smallest absolute Gasteiger partial charge is 0.0649 e. The molecular weight excluding hydrogens is 348 g/mol. The third-order valence-electron chi connectivity index (χ3n) is 4.32. The Kier molecular flexibility index (Phi) is 4.68. The zero-order chi connectivity index (χ0) is 14.8. The van der Waals surface area contributed by atoms with Gasteiger partial charge >= 0.3 is 0 Å². The largest absolute Gasteiger partial charge is 0.392 e. The Morgan fingerprint density at radius 2 is 2.05 bits per heavy atom. The molecule has 0 spiro atoms. The second kappa shape index (κ2) is 6.51. The third-order valence-corrected chi connectivity index (χ3v) is 5.17. The van der Waals surface area contributed by atoms with Crippen molar-refractivity contribution in [3.63, 3.8) is 0 Å². The van der Waals surface area contributed by atoms with Crippen molar-refractivity contribution in [2.24, 2.45) is 0 Å². The van der Waals surface area contributed by atoms with Gasteiger partial charge in [-0.2, -0.15) is 0 Å². The third kappa shape index (κ3) is 3.33. The van der Waals surface area contributed by atoms with Crippen molar-refractivity contribution in [2.75, 3.05) is 0 Å². The van der Waals surface area contributed by atoms with Crippen LogP contribution in [0.5, 0.6) is 0 Å². The summed E-state index contributed by atoms with van der Waals surface area (Å²) in [6.45, 7) is 0. The fourth-order valence-corrected chi connectivity index (χ4v) is 4.00. The first-order valence-corrected chi connectivity index (χ1v) is 8.52. The standard InChI is InChI=1S/C18H18BrClO/c19-14-9-8-13(17(20)11-14)10-18(21)16-7-3-5-12-4-1-2-6-15(12)16/h1-2,4,6,8-9,11,16,18,21H,3,5,7,10H2. The molecule has 1 N–H and O–H groups in total. The molecular formula is C18H18BrClO. The topological polar surface area (TPSA) is 20.2 Å². The average molecular weight is 366 g/mol. The Morgan fingerprint density at radius 1 is 1.24 bits per heavy atom. The molecule has 0 aliphatic heterocycles. The molecule has 2 unspecified atom stereocenters. The van der Waals surface area contributed by atoms with Gasteiger partial charge in [-0.25, -0.2) is 0 Å². The summed E-state index contributed by atoms with van der Waals surface area (Å²) >= 11 is 9.69. The molecule has 2 atom stereocenters. The predicted octanol–water partition coefficient (Wildman–Crippen LogP) is 5.13. The first-order valence-electron chi connectivity index (χ1n) is 7.35. The lowest BCUT2D eigenvalue weighted by Gasteiger charge is -2.29. The fourth-order valence-electron chi connectivity index (χ4n) is 3.25. The summed E-state index contributed by atoms with van der Waals surface area (Å²) in [4.78, 5) is 0. The summed E-state index contributed by atoms with van der Waals surface area (Å²) in [6.07, 6.45) is 3.54. The molecule has 3 heteroatoms.